The monoisotopic (exact) mass is 248 g/mol. The molecule has 0 fully saturated rings. The lowest BCUT2D eigenvalue weighted by Gasteiger charge is -2.31. The molecule has 0 spiro atoms. The van der Waals surface area contributed by atoms with Gasteiger partial charge in [-0.2, -0.15) is 0 Å². The molecule has 0 aliphatic rings. The zero-order valence-corrected chi connectivity index (χ0v) is 11.4. The summed E-state index contributed by atoms with van der Waals surface area (Å²) in [6, 6.07) is 10.0. The van der Waals surface area contributed by atoms with E-state index in [9.17, 15) is 4.79 Å². The summed E-state index contributed by atoms with van der Waals surface area (Å²) in [6.07, 6.45) is 2.44. The molecule has 3 N–H and O–H groups in total. The third-order valence-corrected chi connectivity index (χ3v) is 3.63. The molecule has 3 heteroatoms. The fourth-order valence-electron chi connectivity index (χ4n) is 2.34. The van der Waals surface area contributed by atoms with Gasteiger partial charge in [-0.3, -0.25) is 4.79 Å². The lowest BCUT2D eigenvalue weighted by Crippen LogP contribution is -2.44. The molecule has 0 saturated carbocycles. The highest BCUT2D eigenvalue weighted by Gasteiger charge is 2.36. The lowest BCUT2D eigenvalue weighted by atomic mass is 9.75. The summed E-state index contributed by atoms with van der Waals surface area (Å²) in [5, 5.41) is 3.01. The van der Waals surface area contributed by atoms with Crippen LogP contribution in [0.25, 0.3) is 0 Å². The van der Waals surface area contributed by atoms with Gasteiger partial charge in [0.25, 0.3) is 0 Å². The first-order valence-electron chi connectivity index (χ1n) is 6.75. The SMILES string of the molecule is CCC(CC)(C(=O)NCCCN)c1ccccc1. The van der Waals surface area contributed by atoms with Gasteiger partial charge < -0.3 is 11.1 Å². The van der Waals surface area contributed by atoms with Crippen LogP contribution in [-0.4, -0.2) is 19.0 Å². The predicted octanol–water partition coefficient (Wildman–Crippen LogP) is 2.21. The molecule has 0 radical (unpaired) electrons. The fraction of sp³-hybridized carbons (Fsp3) is 0.533. The van der Waals surface area contributed by atoms with Gasteiger partial charge in [-0.05, 0) is 31.4 Å². The van der Waals surface area contributed by atoms with Crippen LogP contribution in [-0.2, 0) is 10.2 Å². The zero-order chi connectivity index (χ0) is 13.4. The highest BCUT2D eigenvalue weighted by Crippen LogP contribution is 2.31. The number of benzene rings is 1. The first kappa shape index (κ1) is 14.7. The van der Waals surface area contributed by atoms with Crippen molar-refractivity contribution >= 4 is 5.91 Å². The Morgan fingerprint density at radius 1 is 1.22 bits per heavy atom. The van der Waals surface area contributed by atoms with E-state index in [4.69, 9.17) is 5.73 Å². The molecule has 1 amide bonds. The maximum atomic E-state index is 12.5. The van der Waals surface area contributed by atoms with E-state index < -0.39 is 5.41 Å². The summed E-state index contributed by atoms with van der Waals surface area (Å²) in [7, 11) is 0. The maximum Gasteiger partial charge on any atom is 0.230 e. The molecule has 0 unspecified atom stereocenters. The highest BCUT2D eigenvalue weighted by atomic mass is 16.2. The quantitative estimate of drug-likeness (QED) is 0.727. The van der Waals surface area contributed by atoms with Crippen LogP contribution in [0.3, 0.4) is 0 Å². The van der Waals surface area contributed by atoms with E-state index >= 15 is 0 Å². The van der Waals surface area contributed by atoms with Crippen molar-refractivity contribution in [2.75, 3.05) is 13.1 Å². The van der Waals surface area contributed by atoms with Crippen LogP contribution in [0.15, 0.2) is 30.3 Å². The van der Waals surface area contributed by atoms with Gasteiger partial charge in [-0.1, -0.05) is 44.2 Å². The average Bonchev–Trinajstić information content (AvgIpc) is 2.42. The van der Waals surface area contributed by atoms with Gasteiger partial charge in [-0.25, -0.2) is 0 Å². The minimum Gasteiger partial charge on any atom is -0.355 e. The number of carbonyl (C=O) groups excluding carboxylic acids is 1. The molecule has 0 heterocycles. The molecule has 0 bridgehead atoms. The third-order valence-electron chi connectivity index (χ3n) is 3.63. The van der Waals surface area contributed by atoms with E-state index in [1.54, 1.807) is 0 Å². The number of hydrogen-bond acceptors (Lipinski definition) is 2. The van der Waals surface area contributed by atoms with Gasteiger partial charge in [-0.15, -0.1) is 0 Å². The minimum atomic E-state index is -0.407. The Morgan fingerprint density at radius 2 is 1.83 bits per heavy atom. The first-order chi connectivity index (χ1) is 8.71. The summed E-state index contributed by atoms with van der Waals surface area (Å²) in [6.45, 7) is 5.40. The molecule has 100 valence electrons. The highest BCUT2D eigenvalue weighted by molar-refractivity contribution is 5.88. The number of hydrogen-bond donors (Lipinski definition) is 2. The molecule has 0 aromatic heterocycles. The lowest BCUT2D eigenvalue weighted by molar-refractivity contribution is -0.127. The standard InChI is InChI=1S/C15H24N2O/c1-3-15(4-2,13-9-6-5-7-10-13)14(18)17-12-8-11-16/h5-7,9-10H,3-4,8,11-12,16H2,1-2H3,(H,17,18). The van der Waals surface area contributed by atoms with Crippen LogP contribution in [0.1, 0.15) is 38.7 Å². The van der Waals surface area contributed by atoms with Crippen molar-refractivity contribution in [3.63, 3.8) is 0 Å². The second-order valence-electron chi connectivity index (χ2n) is 4.55. The molecule has 1 aromatic carbocycles. The van der Waals surface area contributed by atoms with Crippen LogP contribution < -0.4 is 11.1 Å². The molecular weight excluding hydrogens is 224 g/mol. The first-order valence-corrected chi connectivity index (χ1v) is 6.75. The van der Waals surface area contributed by atoms with Crippen molar-refractivity contribution < 1.29 is 4.79 Å². The zero-order valence-electron chi connectivity index (χ0n) is 11.4. The molecule has 0 atom stereocenters. The van der Waals surface area contributed by atoms with Crippen LogP contribution in [0, 0.1) is 0 Å². The topological polar surface area (TPSA) is 55.1 Å². The molecule has 0 aliphatic carbocycles. The average molecular weight is 248 g/mol. The summed E-state index contributed by atoms with van der Waals surface area (Å²) in [5.41, 5.74) is 6.14. The summed E-state index contributed by atoms with van der Waals surface area (Å²) < 4.78 is 0. The molecule has 18 heavy (non-hydrogen) atoms. The normalized spacial score (nSPS) is 11.3. The third kappa shape index (κ3) is 3.10. The Morgan fingerprint density at radius 3 is 2.33 bits per heavy atom. The van der Waals surface area contributed by atoms with Gasteiger partial charge in [0, 0.05) is 6.54 Å². The summed E-state index contributed by atoms with van der Waals surface area (Å²) in [5.74, 6) is 0.118. The number of nitrogens with one attached hydrogen (secondary N) is 1. The predicted molar refractivity (Wildman–Crippen MR) is 75.4 cm³/mol. The molecule has 0 aliphatic heterocycles. The van der Waals surface area contributed by atoms with E-state index in [0.29, 0.717) is 13.1 Å². The number of nitrogens with two attached hydrogens (primary N) is 1. The number of rotatable bonds is 7. The Bertz CT molecular complexity index is 358. The molecule has 0 saturated heterocycles. The van der Waals surface area contributed by atoms with Gasteiger partial charge in [0.1, 0.15) is 0 Å². The molecule has 3 nitrogen and oxygen atoms in total. The largest absolute Gasteiger partial charge is 0.355 e. The fourth-order valence-corrected chi connectivity index (χ4v) is 2.34. The summed E-state index contributed by atoms with van der Waals surface area (Å²) in [4.78, 5) is 12.5. The van der Waals surface area contributed by atoms with E-state index in [1.807, 2.05) is 30.3 Å². The smallest absolute Gasteiger partial charge is 0.230 e. The van der Waals surface area contributed by atoms with Gasteiger partial charge in [0.05, 0.1) is 5.41 Å². The molecular formula is C15H24N2O. The maximum absolute atomic E-state index is 12.5. The van der Waals surface area contributed by atoms with Crippen LogP contribution in [0.2, 0.25) is 0 Å². The number of carbonyl (C=O) groups is 1. The number of amides is 1. The van der Waals surface area contributed by atoms with E-state index in [1.165, 1.54) is 0 Å². The van der Waals surface area contributed by atoms with Gasteiger partial charge in [0.2, 0.25) is 5.91 Å². The Balaban J connectivity index is 2.90. The summed E-state index contributed by atoms with van der Waals surface area (Å²) >= 11 is 0. The van der Waals surface area contributed by atoms with E-state index in [-0.39, 0.29) is 5.91 Å². The van der Waals surface area contributed by atoms with Crippen LogP contribution in [0.5, 0.6) is 0 Å². The van der Waals surface area contributed by atoms with Crippen molar-refractivity contribution in [1.29, 1.82) is 0 Å². The Kier molecular flexibility index (Phi) is 5.86. The Hall–Kier alpha value is -1.35. The van der Waals surface area contributed by atoms with E-state index in [2.05, 4.69) is 19.2 Å². The van der Waals surface area contributed by atoms with E-state index in [0.717, 1.165) is 24.8 Å². The van der Waals surface area contributed by atoms with Crippen LogP contribution in [0.4, 0.5) is 0 Å². The second-order valence-corrected chi connectivity index (χ2v) is 4.55. The van der Waals surface area contributed by atoms with Crippen molar-refractivity contribution in [1.82, 2.24) is 5.32 Å². The van der Waals surface area contributed by atoms with Crippen LogP contribution >= 0.6 is 0 Å². The Labute approximate surface area is 110 Å². The van der Waals surface area contributed by atoms with Crippen molar-refractivity contribution in [2.45, 2.75) is 38.5 Å². The van der Waals surface area contributed by atoms with Gasteiger partial charge >= 0.3 is 0 Å². The van der Waals surface area contributed by atoms with Gasteiger partial charge in [0.15, 0.2) is 0 Å². The van der Waals surface area contributed by atoms with Crippen molar-refractivity contribution in [3.05, 3.63) is 35.9 Å². The minimum absolute atomic E-state index is 0.118. The van der Waals surface area contributed by atoms with Crippen molar-refractivity contribution in [3.8, 4) is 0 Å². The molecule has 1 aromatic rings. The van der Waals surface area contributed by atoms with Crippen molar-refractivity contribution in [2.24, 2.45) is 5.73 Å². The molecule has 1 rings (SSSR count). The second kappa shape index (κ2) is 7.17.